The quantitative estimate of drug-likeness (QED) is 0.732. The van der Waals surface area contributed by atoms with Crippen LogP contribution in [-0.4, -0.2) is 32.1 Å². The summed E-state index contributed by atoms with van der Waals surface area (Å²) in [5.74, 6) is 0.256. The summed E-state index contributed by atoms with van der Waals surface area (Å²) in [6.45, 7) is 5.33. The molecule has 0 saturated carbocycles. The fourth-order valence-corrected chi connectivity index (χ4v) is 2.13. The summed E-state index contributed by atoms with van der Waals surface area (Å²) < 4.78 is 5.50. The number of ketones is 1. The molecule has 0 unspecified atom stereocenters. The van der Waals surface area contributed by atoms with Gasteiger partial charge >= 0.3 is 0 Å². The van der Waals surface area contributed by atoms with Crippen molar-refractivity contribution < 1.29 is 9.53 Å². The lowest BCUT2D eigenvalue weighted by atomic mass is 10.0. The molecule has 0 radical (unpaired) electrons. The van der Waals surface area contributed by atoms with Gasteiger partial charge in [-0.3, -0.25) is 4.79 Å². The van der Waals surface area contributed by atoms with Crippen LogP contribution in [0.2, 0.25) is 0 Å². The minimum Gasteiger partial charge on any atom is -0.380 e. The molecule has 0 bridgehead atoms. The lowest BCUT2D eigenvalue weighted by Crippen LogP contribution is -2.34. The van der Waals surface area contributed by atoms with Crippen LogP contribution in [0.4, 0.5) is 5.69 Å². The molecule has 1 aromatic rings. The number of rotatable bonds is 5. The number of para-hydroxylation sites is 1. The Balaban J connectivity index is 2.00. The minimum atomic E-state index is 0.256. The number of fused-ring (bicyclic) bond motifs is 1. The van der Waals surface area contributed by atoms with Crippen LogP contribution in [-0.2, 0) is 4.74 Å². The highest BCUT2D eigenvalue weighted by Gasteiger charge is 2.21. The van der Waals surface area contributed by atoms with Crippen molar-refractivity contribution in [2.45, 2.75) is 19.8 Å². The Morgan fingerprint density at radius 3 is 2.94 bits per heavy atom. The van der Waals surface area contributed by atoms with Gasteiger partial charge in [-0.05, 0) is 18.6 Å². The molecule has 17 heavy (non-hydrogen) atoms. The first kappa shape index (κ1) is 12.1. The molecule has 0 aromatic heterocycles. The predicted molar refractivity (Wildman–Crippen MR) is 68.7 cm³/mol. The molecule has 1 aliphatic rings. The summed E-state index contributed by atoms with van der Waals surface area (Å²) in [7, 11) is 0. The van der Waals surface area contributed by atoms with Crippen LogP contribution >= 0.6 is 0 Å². The molecule has 0 saturated heterocycles. The van der Waals surface area contributed by atoms with Gasteiger partial charge in [0, 0.05) is 37.4 Å². The van der Waals surface area contributed by atoms with E-state index in [1.165, 1.54) is 0 Å². The average Bonchev–Trinajstić information content (AvgIpc) is 2.37. The molecular formula is C14H19NO2. The summed E-state index contributed by atoms with van der Waals surface area (Å²) in [5.41, 5.74) is 1.91. The van der Waals surface area contributed by atoms with Gasteiger partial charge in [-0.15, -0.1) is 0 Å². The van der Waals surface area contributed by atoms with E-state index in [9.17, 15) is 4.79 Å². The second-order valence-electron chi connectivity index (χ2n) is 4.29. The van der Waals surface area contributed by atoms with Gasteiger partial charge < -0.3 is 9.64 Å². The van der Waals surface area contributed by atoms with Crippen LogP contribution in [0.15, 0.2) is 24.3 Å². The Morgan fingerprint density at radius 1 is 1.29 bits per heavy atom. The van der Waals surface area contributed by atoms with Gasteiger partial charge in [0.15, 0.2) is 5.78 Å². The van der Waals surface area contributed by atoms with E-state index < -0.39 is 0 Å². The summed E-state index contributed by atoms with van der Waals surface area (Å²) >= 11 is 0. The molecule has 0 N–H and O–H groups in total. The third kappa shape index (κ3) is 2.86. The number of Topliss-reactive ketones (excluding diaryl/α,β-unsaturated/α-hetero) is 1. The number of carbonyl (C=O) groups excluding carboxylic acids is 1. The summed E-state index contributed by atoms with van der Waals surface area (Å²) in [6.07, 6.45) is 1.67. The summed E-state index contributed by atoms with van der Waals surface area (Å²) in [6, 6.07) is 7.84. The minimum absolute atomic E-state index is 0.256. The van der Waals surface area contributed by atoms with Gasteiger partial charge in [0.25, 0.3) is 0 Å². The standard InChI is InChI=1S/C14H19NO2/c1-2-10-17-11-9-15-8-7-14(16)12-5-3-4-6-13(12)15/h3-6H,2,7-11H2,1H3. The van der Waals surface area contributed by atoms with Gasteiger partial charge in [0.1, 0.15) is 0 Å². The second kappa shape index (κ2) is 5.82. The van der Waals surface area contributed by atoms with Crippen molar-refractivity contribution in [1.29, 1.82) is 0 Å². The van der Waals surface area contributed by atoms with E-state index in [0.29, 0.717) is 6.42 Å². The van der Waals surface area contributed by atoms with Gasteiger partial charge in [0.05, 0.1) is 6.61 Å². The Labute approximate surface area is 102 Å². The molecular weight excluding hydrogens is 214 g/mol. The van der Waals surface area contributed by atoms with Gasteiger partial charge in [-0.2, -0.15) is 0 Å². The van der Waals surface area contributed by atoms with E-state index in [4.69, 9.17) is 4.74 Å². The van der Waals surface area contributed by atoms with Crippen molar-refractivity contribution >= 4 is 11.5 Å². The first-order chi connectivity index (χ1) is 8.33. The Morgan fingerprint density at radius 2 is 2.12 bits per heavy atom. The number of anilines is 1. The van der Waals surface area contributed by atoms with Gasteiger partial charge in [-0.25, -0.2) is 0 Å². The summed E-state index contributed by atoms with van der Waals surface area (Å²) in [4.78, 5) is 14.0. The lowest BCUT2D eigenvalue weighted by molar-refractivity contribution is 0.0976. The highest BCUT2D eigenvalue weighted by Crippen LogP contribution is 2.26. The molecule has 2 rings (SSSR count). The van der Waals surface area contributed by atoms with Crippen molar-refractivity contribution in [3.05, 3.63) is 29.8 Å². The van der Waals surface area contributed by atoms with E-state index in [2.05, 4.69) is 11.8 Å². The van der Waals surface area contributed by atoms with E-state index in [1.807, 2.05) is 24.3 Å². The molecule has 0 atom stereocenters. The third-order valence-electron chi connectivity index (χ3n) is 3.01. The molecule has 92 valence electrons. The number of carbonyl (C=O) groups is 1. The van der Waals surface area contributed by atoms with E-state index in [1.54, 1.807) is 0 Å². The van der Waals surface area contributed by atoms with Crippen LogP contribution in [0.25, 0.3) is 0 Å². The topological polar surface area (TPSA) is 29.5 Å². The van der Waals surface area contributed by atoms with Crippen molar-refractivity contribution in [3.8, 4) is 0 Å². The smallest absolute Gasteiger partial charge is 0.166 e. The number of benzene rings is 1. The molecule has 0 spiro atoms. The molecule has 0 fully saturated rings. The zero-order valence-corrected chi connectivity index (χ0v) is 10.3. The maximum Gasteiger partial charge on any atom is 0.166 e. The van der Waals surface area contributed by atoms with Crippen LogP contribution in [0, 0.1) is 0 Å². The fourth-order valence-electron chi connectivity index (χ4n) is 2.13. The van der Waals surface area contributed by atoms with E-state index in [-0.39, 0.29) is 5.78 Å². The molecule has 3 nitrogen and oxygen atoms in total. The number of ether oxygens (including phenoxy) is 1. The molecule has 0 amide bonds. The molecule has 1 aromatic carbocycles. The maximum absolute atomic E-state index is 11.7. The first-order valence-electron chi connectivity index (χ1n) is 6.28. The average molecular weight is 233 g/mol. The Bertz CT molecular complexity index is 390. The predicted octanol–water partition coefficient (Wildman–Crippen LogP) is 2.51. The Kier molecular flexibility index (Phi) is 4.15. The lowest BCUT2D eigenvalue weighted by Gasteiger charge is -2.30. The number of hydrogen-bond acceptors (Lipinski definition) is 3. The van der Waals surface area contributed by atoms with Gasteiger partial charge in [-0.1, -0.05) is 19.1 Å². The van der Waals surface area contributed by atoms with Crippen molar-refractivity contribution in [2.24, 2.45) is 0 Å². The first-order valence-corrected chi connectivity index (χ1v) is 6.28. The van der Waals surface area contributed by atoms with Gasteiger partial charge in [0.2, 0.25) is 0 Å². The van der Waals surface area contributed by atoms with Crippen LogP contribution in [0.3, 0.4) is 0 Å². The maximum atomic E-state index is 11.7. The number of hydrogen-bond donors (Lipinski definition) is 0. The molecule has 0 aliphatic carbocycles. The van der Waals surface area contributed by atoms with E-state index in [0.717, 1.165) is 44.0 Å². The molecule has 1 heterocycles. The second-order valence-corrected chi connectivity index (χ2v) is 4.29. The molecule has 1 aliphatic heterocycles. The number of nitrogens with zero attached hydrogens (tertiary/aromatic N) is 1. The zero-order valence-electron chi connectivity index (χ0n) is 10.3. The van der Waals surface area contributed by atoms with Crippen LogP contribution in [0.5, 0.6) is 0 Å². The Hall–Kier alpha value is -1.35. The third-order valence-corrected chi connectivity index (χ3v) is 3.01. The monoisotopic (exact) mass is 233 g/mol. The van der Waals surface area contributed by atoms with Crippen molar-refractivity contribution in [2.75, 3.05) is 31.2 Å². The highest BCUT2D eigenvalue weighted by molar-refractivity contribution is 6.03. The fraction of sp³-hybridized carbons (Fsp3) is 0.500. The van der Waals surface area contributed by atoms with E-state index >= 15 is 0 Å². The highest BCUT2D eigenvalue weighted by atomic mass is 16.5. The largest absolute Gasteiger partial charge is 0.380 e. The zero-order chi connectivity index (χ0) is 12.1. The normalized spacial score (nSPS) is 14.9. The van der Waals surface area contributed by atoms with Crippen molar-refractivity contribution in [1.82, 2.24) is 0 Å². The summed E-state index contributed by atoms with van der Waals surface area (Å²) in [5, 5.41) is 0. The van der Waals surface area contributed by atoms with Crippen LogP contribution < -0.4 is 4.90 Å². The molecule has 3 heteroatoms. The van der Waals surface area contributed by atoms with Crippen molar-refractivity contribution in [3.63, 3.8) is 0 Å². The van der Waals surface area contributed by atoms with Crippen LogP contribution in [0.1, 0.15) is 30.1 Å². The SMILES string of the molecule is CCCOCCN1CCC(=O)c2ccccc21.